The lowest BCUT2D eigenvalue weighted by molar-refractivity contribution is 0.488. The van der Waals surface area contributed by atoms with E-state index in [-0.39, 0.29) is 6.04 Å². The minimum absolute atomic E-state index is 0.0364. The molecule has 1 aromatic carbocycles. The number of rotatable bonds is 9. The first-order valence-corrected chi connectivity index (χ1v) is 9.09. The Hall–Kier alpha value is -0.910. The Labute approximate surface area is 129 Å². The summed E-state index contributed by atoms with van der Waals surface area (Å²) < 4.78 is 27.3. The van der Waals surface area contributed by atoms with E-state index in [0.29, 0.717) is 10.8 Å². The van der Waals surface area contributed by atoms with Crippen molar-refractivity contribution in [3.63, 3.8) is 0 Å². The van der Waals surface area contributed by atoms with E-state index in [2.05, 4.69) is 23.9 Å². The van der Waals surface area contributed by atoms with E-state index in [9.17, 15) is 8.42 Å². The van der Waals surface area contributed by atoms with E-state index in [4.69, 9.17) is 0 Å². The van der Waals surface area contributed by atoms with Gasteiger partial charge in [-0.1, -0.05) is 38.8 Å². The molecule has 0 saturated carbocycles. The van der Waals surface area contributed by atoms with Gasteiger partial charge >= 0.3 is 0 Å². The maximum Gasteiger partial charge on any atom is 0.240 e. The zero-order chi connectivity index (χ0) is 15.9. The average molecular weight is 312 g/mol. The molecule has 0 saturated heterocycles. The van der Waals surface area contributed by atoms with Gasteiger partial charge in [0.25, 0.3) is 0 Å². The molecule has 0 amide bonds. The highest BCUT2D eigenvalue weighted by atomic mass is 32.2. The monoisotopic (exact) mass is 312 g/mol. The van der Waals surface area contributed by atoms with Crippen LogP contribution in [-0.2, 0) is 16.6 Å². The number of hydrogen-bond acceptors (Lipinski definition) is 3. The van der Waals surface area contributed by atoms with Gasteiger partial charge in [0.2, 0.25) is 10.0 Å². The summed E-state index contributed by atoms with van der Waals surface area (Å²) in [4.78, 5) is 0.332. The summed E-state index contributed by atoms with van der Waals surface area (Å²) in [6.07, 6.45) is 3.04. The quantitative estimate of drug-likeness (QED) is 0.737. The van der Waals surface area contributed by atoms with E-state index in [1.54, 1.807) is 12.1 Å². The number of benzene rings is 1. The predicted octanol–water partition coefficient (Wildman–Crippen LogP) is 2.90. The van der Waals surface area contributed by atoms with E-state index in [1.807, 2.05) is 26.1 Å². The molecule has 0 aliphatic rings. The maximum absolute atomic E-state index is 12.3. The van der Waals surface area contributed by atoms with Crippen molar-refractivity contribution in [2.24, 2.45) is 5.92 Å². The highest BCUT2D eigenvalue weighted by Crippen LogP contribution is 2.13. The van der Waals surface area contributed by atoms with Crippen LogP contribution in [0.1, 0.15) is 45.6 Å². The van der Waals surface area contributed by atoms with Crippen molar-refractivity contribution >= 4 is 10.0 Å². The lowest BCUT2D eigenvalue weighted by Crippen LogP contribution is -2.32. The molecule has 0 aromatic heterocycles. The lowest BCUT2D eigenvalue weighted by Gasteiger charge is -2.15. The molecular weight excluding hydrogens is 284 g/mol. The minimum Gasteiger partial charge on any atom is -0.316 e. The van der Waals surface area contributed by atoms with Crippen LogP contribution in [0.15, 0.2) is 29.2 Å². The molecule has 1 unspecified atom stereocenters. The Bertz CT molecular complexity index is 510. The average Bonchev–Trinajstić information content (AvgIpc) is 2.38. The second-order valence-electron chi connectivity index (χ2n) is 6.02. The van der Waals surface area contributed by atoms with Gasteiger partial charge in [-0.2, -0.15) is 0 Å². The summed E-state index contributed by atoms with van der Waals surface area (Å²) in [6.45, 7) is 7.02. The third kappa shape index (κ3) is 6.59. The molecule has 0 aliphatic carbocycles. The molecule has 120 valence electrons. The van der Waals surface area contributed by atoms with Gasteiger partial charge < -0.3 is 5.32 Å². The van der Waals surface area contributed by atoms with Crippen molar-refractivity contribution in [2.75, 3.05) is 7.05 Å². The van der Waals surface area contributed by atoms with Crippen LogP contribution in [0.4, 0.5) is 0 Å². The number of sulfonamides is 1. The van der Waals surface area contributed by atoms with Crippen LogP contribution in [-0.4, -0.2) is 21.5 Å². The Kier molecular flexibility index (Phi) is 7.35. The normalized spacial score (nSPS) is 13.6. The van der Waals surface area contributed by atoms with Gasteiger partial charge in [0.1, 0.15) is 0 Å². The molecule has 2 N–H and O–H groups in total. The first-order valence-electron chi connectivity index (χ1n) is 7.61. The first kappa shape index (κ1) is 18.1. The van der Waals surface area contributed by atoms with Crippen molar-refractivity contribution in [3.8, 4) is 0 Å². The third-order valence-electron chi connectivity index (χ3n) is 3.39. The van der Waals surface area contributed by atoms with Crippen LogP contribution in [0.2, 0.25) is 0 Å². The maximum atomic E-state index is 12.3. The van der Waals surface area contributed by atoms with Gasteiger partial charge in [-0.25, -0.2) is 13.1 Å². The highest BCUT2D eigenvalue weighted by molar-refractivity contribution is 7.89. The van der Waals surface area contributed by atoms with E-state index < -0.39 is 10.0 Å². The second-order valence-corrected chi connectivity index (χ2v) is 7.74. The van der Waals surface area contributed by atoms with Gasteiger partial charge in [-0.15, -0.1) is 0 Å². The molecule has 1 aromatic rings. The summed E-state index contributed by atoms with van der Waals surface area (Å²) in [5.41, 5.74) is 1.07. The van der Waals surface area contributed by atoms with E-state index in [1.165, 1.54) is 0 Å². The molecule has 0 aliphatic heterocycles. The van der Waals surface area contributed by atoms with Crippen molar-refractivity contribution < 1.29 is 8.42 Å². The Morgan fingerprint density at radius 2 is 1.67 bits per heavy atom. The molecule has 0 fully saturated rings. The number of nitrogens with one attached hydrogen (secondary N) is 2. The van der Waals surface area contributed by atoms with E-state index >= 15 is 0 Å². The largest absolute Gasteiger partial charge is 0.316 e. The molecule has 21 heavy (non-hydrogen) atoms. The Morgan fingerprint density at radius 3 is 2.19 bits per heavy atom. The summed E-state index contributed by atoms with van der Waals surface area (Å²) >= 11 is 0. The molecule has 1 atom stereocenters. The molecule has 0 spiro atoms. The van der Waals surface area contributed by atoms with Crippen molar-refractivity contribution in [3.05, 3.63) is 29.8 Å². The van der Waals surface area contributed by atoms with E-state index in [0.717, 1.165) is 31.4 Å². The van der Waals surface area contributed by atoms with Gasteiger partial charge in [-0.05, 0) is 44.0 Å². The molecule has 0 radical (unpaired) electrons. The fourth-order valence-corrected chi connectivity index (χ4v) is 3.49. The fourth-order valence-electron chi connectivity index (χ4n) is 2.21. The highest BCUT2D eigenvalue weighted by Gasteiger charge is 2.17. The molecule has 5 heteroatoms. The zero-order valence-corrected chi connectivity index (χ0v) is 14.3. The van der Waals surface area contributed by atoms with Crippen molar-refractivity contribution in [1.29, 1.82) is 0 Å². The predicted molar refractivity (Wildman–Crippen MR) is 87.7 cm³/mol. The SMILES string of the molecule is CNCc1ccc(S(=O)(=O)NC(C)CCCC(C)C)cc1. The second kappa shape index (κ2) is 8.51. The van der Waals surface area contributed by atoms with Crippen LogP contribution in [0, 0.1) is 5.92 Å². The topological polar surface area (TPSA) is 58.2 Å². The van der Waals surface area contributed by atoms with Crippen molar-refractivity contribution in [1.82, 2.24) is 10.0 Å². The number of hydrogen-bond donors (Lipinski definition) is 2. The van der Waals surface area contributed by atoms with Gasteiger partial charge in [-0.3, -0.25) is 0 Å². The third-order valence-corrected chi connectivity index (χ3v) is 4.99. The molecule has 1 rings (SSSR count). The summed E-state index contributed by atoms with van der Waals surface area (Å²) in [5.74, 6) is 0.661. The van der Waals surface area contributed by atoms with Crippen LogP contribution in [0.3, 0.4) is 0 Å². The summed E-state index contributed by atoms with van der Waals surface area (Å²) in [6, 6.07) is 6.97. The molecule has 0 bridgehead atoms. The first-order chi connectivity index (χ1) is 9.85. The Morgan fingerprint density at radius 1 is 1.05 bits per heavy atom. The summed E-state index contributed by atoms with van der Waals surface area (Å²) in [7, 11) is -1.55. The fraction of sp³-hybridized carbons (Fsp3) is 0.625. The van der Waals surface area contributed by atoms with Crippen LogP contribution < -0.4 is 10.0 Å². The molecule has 4 nitrogen and oxygen atoms in total. The standard InChI is InChI=1S/C16H28N2O2S/c1-13(2)6-5-7-14(3)18-21(19,20)16-10-8-15(9-11-16)12-17-4/h8-11,13-14,17-18H,5-7,12H2,1-4H3. The van der Waals surface area contributed by atoms with Gasteiger partial charge in [0.05, 0.1) is 4.90 Å². The minimum atomic E-state index is -3.41. The Balaban J connectivity index is 2.59. The summed E-state index contributed by atoms with van der Waals surface area (Å²) in [5, 5.41) is 3.04. The molecule has 0 heterocycles. The van der Waals surface area contributed by atoms with Gasteiger partial charge in [0.15, 0.2) is 0 Å². The van der Waals surface area contributed by atoms with Gasteiger partial charge in [0, 0.05) is 12.6 Å². The zero-order valence-electron chi connectivity index (χ0n) is 13.5. The smallest absolute Gasteiger partial charge is 0.240 e. The van der Waals surface area contributed by atoms with Crippen LogP contribution in [0.25, 0.3) is 0 Å². The van der Waals surface area contributed by atoms with Crippen LogP contribution >= 0.6 is 0 Å². The van der Waals surface area contributed by atoms with Crippen molar-refractivity contribution in [2.45, 2.75) is 57.5 Å². The lowest BCUT2D eigenvalue weighted by atomic mass is 10.0. The van der Waals surface area contributed by atoms with Crippen LogP contribution in [0.5, 0.6) is 0 Å². The molecular formula is C16H28N2O2S.